The average Bonchev–Trinajstić information content (AvgIpc) is 3.08. The summed E-state index contributed by atoms with van der Waals surface area (Å²) in [5, 5.41) is 4.92. The molecule has 0 aliphatic carbocycles. The van der Waals surface area contributed by atoms with Crippen molar-refractivity contribution in [1.29, 1.82) is 0 Å². The maximum atomic E-state index is 11.9. The van der Waals surface area contributed by atoms with Gasteiger partial charge in [-0.15, -0.1) is 11.3 Å². The molecule has 1 N–H and O–H groups in total. The van der Waals surface area contributed by atoms with Crippen molar-refractivity contribution in [3.8, 4) is 0 Å². The second-order valence-corrected chi connectivity index (χ2v) is 6.89. The molecular weight excluding hydrogens is 328 g/mol. The highest BCUT2D eigenvalue weighted by atomic mass is 32.1. The molecule has 4 heterocycles. The normalized spacial score (nSPS) is 23.0. The van der Waals surface area contributed by atoms with Crippen molar-refractivity contribution >= 4 is 39.3 Å². The lowest BCUT2D eigenvalue weighted by molar-refractivity contribution is -0.130. The van der Waals surface area contributed by atoms with Crippen LogP contribution in [0.15, 0.2) is 17.8 Å². The van der Waals surface area contributed by atoms with Gasteiger partial charge in [0.15, 0.2) is 0 Å². The van der Waals surface area contributed by atoms with Crippen LogP contribution in [0.5, 0.6) is 0 Å². The lowest BCUT2D eigenvalue weighted by Crippen LogP contribution is -2.62. The molecule has 4 rings (SSSR count). The molecule has 9 heteroatoms. The van der Waals surface area contributed by atoms with Crippen molar-refractivity contribution in [2.45, 2.75) is 12.6 Å². The zero-order valence-corrected chi connectivity index (χ0v) is 14.1. The molecule has 126 valence electrons. The number of nitrogens with one attached hydrogen (secondary N) is 1. The number of fused-ring (bicyclic) bond motifs is 1. The van der Waals surface area contributed by atoms with Crippen LogP contribution in [0.25, 0.3) is 10.2 Å². The molecule has 24 heavy (non-hydrogen) atoms. The minimum atomic E-state index is -0.324. The van der Waals surface area contributed by atoms with E-state index in [0.29, 0.717) is 6.42 Å². The summed E-state index contributed by atoms with van der Waals surface area (Å²) >= 11 is 1.65. The highest BCUT2D eigenvalue weighted by Crippen LogP contribution is 2.28. The number of anilines is 1. The maximum absolute atomic E-state index is 11.9. The predicted molar refractivity (Wildman–Crippen MR) is 90.9 cm³/mol. The third-order valence-corrected chi connectivity index (χ3v) is 5.52. The average molecular weight is 346 g/mol. The van der Waals surface area contributed by atoms with Crippen molar-refractivity contribution in [2.24, 2.45) is 0 Å². The van der Waals surface area contributed by atoms with E-state index in [1.54, 1.807) is 17.7 Å². The summed E-state index contributed by atoms with van der Waals surface area (Å²) in [4.78, 5) is 38.0. The monoisotopic (exact) mass is 346 g/mol. The van der Waals surface area contributed by atoms with E-state index in [2.05, 4.69) is 25.1 Å². The Hall–Kier alpha value is -2.26. The van der Waals surface area contributed by atoms with E-state index in [0.717, 1.165) is 47.1 Å². The number of hydrogen-bond acceptors (Lipinski definition) is 7. The Morgan fingerprint density at radius 3 is 2.75 bits per heavy atom. The number of nitrogens with zero attached hydrogens (tertiary/aromatic N) is 5. The fourth-order valence-electron chi connectivity index (χ4n) is 3.17. The van der Waals surface area contributed by atoms with Crippen LogP contribution in [-0.4, -0.2) is 71.1 Å². The number of piperazine rings is 1. The molecule has 2 aromatic rings. The van der Waals surface area contributed by atoms with Gasteiger partial charge in [0.05, 0.1) is 22.8 Å². The van der Waals surface area contributed by atoms with Crippen LogP contribution < -0.4 is 10.2 Å². The van der Waals surface area contributed by atoms with Crippen LogP contribution in [0, 0.1) is 0 Å². The van der Waals surface area contributed by atoms with E-state index < -0.39 is 0 Å². The molecule has 0 saturated carbocycles. The van der Waals surface area contributed by atoms with Gasteiger partial charge < -0.3 is 10.2 Å². The number of amides is 3. The van der Waals surface area contributed by atoms with Gasteiger partial charge in [-0.1, -0.05) is 0 Å². The summed E-state index contributed by atoms with van der Waals surface area (Å²) in [6, 6.07) is 1.68. The van der Waals surface area contributed by atoms with E-state index in [-0.39, 0.29) is 18.1 Å². The van der Waals surface area contributed by atoms with Gasteiger partial charge in [-0.2, -0.15) is 0 Å². The van der Waals surface area contributed by atoms with Gasteiger partial charge in [0, 0.05) is 33.2 Å². The molecule has 0 bridgehead atoms. The Morgan fingerprint density at radius 1 is 1.21 bits per heavy atom. The molecule has 2 aliphatic heterocycles. The Morgan fingerprint density at radius 2 is 2.00 bits per heavy atom. The highest BCUT2D eigenvalue weighted by Gasteiger charge is 2.34. The summed E-state index contributed by atoms with van der Waals surface area (Å²) in [5.74, 6) is 0.834. The number of urea groups is 1. The molecular formula is C15H18N6O2S. The summed E-state index contributed by atoms with van der Waals surface area (Å²) in [6.45, 7) is 3.17. The van der Waals surface area contributed by atoms with Crippen molar-refractivity contribution < 1.29 is 9.59 Å². The molecule has 2 fully saturated rings. The molecule has 0 radical (unpaired) electrons. The van der Waals surface area contributed by atoms with Gasteiger partial charge in [-0.25, -0.2) is 14.8 Å². The van der Waals surface area contributed by atoms with Crippen LogP contribution in [-0.2, 0) is 4.79 Å². The van der Waals surface area contributed by atoms with E-state index in [4.69, 9.17) is 0 Å². The van der Waals surface area contributed by atoms with Crippen LogP contribution in [0.3, 0.4) is 0 Å². The number of imide groups is 1. The summed E-state index contributed by atoms with van der Waals surface area (Å²) < 4.78 is 1.11. The van der Waals surface area contributed by atoms with Crippen LogP contribution in [0.1, 0.15) is 6.42 Å². The number of hydrogen-bond donors (Lipinski definition) is 1. The van der Waals surface area contributed by atoms with E-state index in [1.165, 1.54) is 7.05 Å². The van der Waals surface area contributed by atoms with Gasteiger partial charge in [0.1, 0.15) is 12.1 Å². The fourth-order valence-corrected chi connectivity index (χ4v) is 4.03. The quantitative estimate of drug-likeness (QED) is 0.863. The topological polar surface area (TPSA) is 81.7 Å². The third kappa shape index (κ3) is 2.59. The number of carbonyl (C=O) groups excluding carboxylic acids is 2. The van der Waals surface area contributed by atoms with Crippen LogP contribution >= 0.6 is 11.3 Å². The Labute approximate surface area is 143 Å². The van der Waals surface area contributed by atoms with Gasteiger partial charge in [-0.3, -0.25) is 14.6 Å². The zero-order chi connectivity index (χ0) is 16.7. The van der Waals surface area contributed by atoms with Gasteiger partial charge in [-0.05, 0) is 11.4 Å². The SMILES string of the molecule is CN1C(=O)CC(N2CCN(c3ncnc4ccsc34)CC2)NC1=O. The first-order valence-corrected chi connectivity index (χ1v) is 8.75. The first kappa shape index (κ1) is 15.3. The van der Waals surface area contributed by atoms with Crippen molar-refractivity contribution in [2.75, 3.05) is 38.1 Å². The number of aromatic nitrogens is 2. The maximum Gasteiger partial charge on any atom is 0.325 e. The highest BCUT2D eigenvalue weighted by molar-refractivity contribution is 7.17. The van der Waals surface area contributed by atoms with E-state index >= 15 is 0 Å². The predicted octanol–water partition coefficient (Wildman–Crippen LogP) is 0.711. The molecule has 0 aromatic carbocycles. The number of thiophene rings is 1. The Bertz CT molecular complexity index is 767. The first-order chi connectivity index (χ1) is 11.6. The second-order valence-electron chi connectivity index (χ2n) is 5.98. The van der Waals surface area contributed by atoms with Gasteiger partial charge >= 0.3 is 6.03 Å². The molecule has 2 saturated heterocycles. The largest absolute Gasteiger partial charge is 0.353 e. The molecule has 2 aliphatic rings. The van der Waals surface area contributed by atoms with Crippen molar-refractivity contribution in [3.63, 3.8) is 0 Å². The van der Waals surface area contributed by atoms with E-state index in [9.17, 15) is 9.59 Å². The molecule has 0 spiro atoms. The molecule has 1 unspecified atom stereocenters. The Balaban J connectivity index is 1.45. The van der Waals surface area contributed by atoms with Crippen molar-refractivity contribution in [3.05, 3.63) is 17.8 Å². The first-order valence-electron chi connectivity index (χ1n) is 7.88. The minimum Gasteiger partial charge on any atom is -0.353 e. The summed E-state index contributed by atoms with van der Waals surface area (Å²) in [6.07, 6.45) is 1.72. The molecule has 3 amide bonds. The standard InChI is InChI=1S/C15H18N6O2S/c1-19-12(22)8-11(18-15(19)23)20-3-5-21(6-4-20)14-13-10(2-7-24-13)16-9-17-14/h2,7,9,11H,3-6,8H2,1H3,(H,18,23). The second kappa shape index (κ2) is 5.99. The smallest absolute Gasteiger partial charge is 0.325 e. The van der Waals surface area contributed by atoms with Crippen LogP contribution in [0.2, 0.25) is 0 Å². The van der Waals surface area contributed by atoms with Crippen LogP contribution in [0.4, 0.5) is 10.6 Å². The molecule has 2 aromatic heterocycles. The number of rotatable bonds is 2. The lowest BCUT2D eigenvalue weighted by atomic mass is 10.2. The van der Waals surface area contributed by atoms with Crippen molar-refractivity contribution in [1.82, 2.24) is 25.1 Å². The minimum absolute atomic E-state index is 0.137. The zero-order valence-electron chi connectivity index (χ0n) is 13.3. The summed E-state index contributed by atoms with van der Waals surface area (Å²) in [7, 11) is 1.51. The third-order valence-electron chi connectivity index (χ3n) is 4.62. The number of carbonyl (C=O) groups is 2. The fraction of sp³-hybridized carbons (Fsp3) is 0.467. The van der Waals surface area contributed by atoms with Gasteiger partial charge in [0.2, 0.25) is 5.91 Å². The molecule has 1 atom stereocenters. The lowest BCUT2D eigenvalue weighted by Gasteiger charge is -2.41. The molecule has 8 nitrogen and oxygen atoms in total. The Kier molecular flexibility index (Phi) is 3.81. The van der Waals surface area contributed by atoms with Gasteiger partial charge in [0.25, 0.3) is 0 Å². The van der Waals surface area contributed by atoms with E-state index in [1.807, 2.05) is 11.4 Å². The summed E-state index contributed by atoms with van der Waals surface area (Å²) in [5.41, 5.74) is 0.973.